The molecule has 2 aromatic heterocycles. The molecule has 2 aromatic rings. The van der Waals surface area contributed by atoms with Gasteiger partial charge in [-0.2, -0.15) is 0 Å². The Hall–Kier alpha value is -1.27. The highest BCUT2D eigenvalue weighted by Crippen LogP contribution is 2.06. The summed E-state index contributed by atoms with van der Waals surface area (Å²) in [6, 6.07) is 0. The Morgan fingerprint density at radius 2 is 2.38 bits per heavy atom. The van der Waals surface area contributed by atoms with Gasteiger partial charge in [-0.1, -0.05) is 12.2 Å². The van der Waals surface area contributed by atoms with Gasteiger partial charge in [0.05, 0.1) is 12.9 Å². The van der Waals surface area contributed by atoms with Crippen LogP contribution in [0, 0.1) is 4.64 Å². The summed E-state index contributed by atoms with van der Waals surface area (Å²) in [7, 11) is 0. The van der Waals surface area contributed by atoms with Crippen LogP contribution >= 0.6 is 12.2 Å². The lowest BCUT2D eigenvalue weighted by atomic mass is 10.4. The number of nitrogens with zero attached hydrogens (tertiary/aromatic N) is 2. The second-order valence-electron chi connectivity index (χ2n) is 2.59. The van der Waals surface area contributed by atoms with Crippen molar-refractivity contribution in [1.82, 2.24) is 19.9 Å². The van der Waals surface area contributed by atoms with E-state index in [9.17, 15) is 0 Å². The predicted molar refractivity (Wildman–Crippen MR) is 49.9 cm³/mol. The predicted octanol–water partition coefficient (Wildman–Crippen LogP) is 0.550. The molecule has 0 bridgehead atoms. The number of aliphatic hydroxyl groups is 1. The Bertz CT molecular complexity index is 475. The molecule has 13 heavy (non-hydrogen) atoms. The van der Waals surface area contributed by atoms with E-state index in [4.69, 9.17) is 17.3 Å². The summed E-state index contributed by atoms with van der Waals surface area (Å²) < 4.78 is 0.481. The first-order valence-corrected chi connectivity index (χ1v) is 4.25. The van der Waals surface area contributed by atoms with Gasteiger partial charge in [0, 0.05) is 6.42 Å². The van der Waals surface area contributed by atoms with Crippen LogP contribution in [0.4, 0.5) is 0 Å². The van der Waals surface area contributed by atoms with E-state index in [0.717, 1.165) is 5.52 Å². The Labute approximate surface area is 78.9 Å². The first-order valence-electron chi connectivity index (χ1n) is 3.84. The smallest absolute Gasteiger partial charge is 0.160 e. The van der Waals surface area contributed by atoms with E-state index in [2.05, 4.69) is 19.9 Å². The number of fused-ring (bicyclic) bond motifs is 1. The standard InChI is InChI=1S/C7H8N4OS/c12-2-1-4-10-6-5(7(13)11-4)8-3-9-6/h3,12H,1-2H2,(H2,8,9,10,11,13). The number of hydrogen-bond donors (Lipinski definition) is 3. The second-order valence-corrected chi connectivity index (χ2v) is 2.98. The van der Waals surface area contributed by atoms with Crippen molar-refractivity contribution in [3.63, 3.8) is 0 Å². The average molecular weight is 196 g/mol. The van der Waals surface area contributed by atoms with Gasteiger partial charge in [-0.3, -0.25) is 0 Å². The van der Waals surface area contributed by atoms with Crippen molar-refractivity contribution in [2.24, 2.45) is 0 Å². The molecule has 0 aliphatic carbocycles. The molecule has 3 N–H and O–H groups in total. The molecule has 0 aromatic carbocycles. The minimum atomic E-state index is 0.0498. The number of H-pyrrole nitrogens is 2. The highest BCUT2D eigenvalue weighted by Gasteiger charge is 2.01. The molecule has 5 nitrogen and oxygen atoms in total. The molecule has 0 aliphatic rings. The van der Waals surface area contributed by atoms with Crippen molar-refractivity contribution in [2.75, 3.05) is 6.61 Å². The van der Waals surface area contributed by atoms with Crippen molar-refractivity contribution < 1.29 is 5.11 Å². The number of nitrogens with one attached hydrogen (secondary N) is 2. The zero-order chi connectivity index (χ0) is 9.26. The van der Waals surface area contributed by atoms with Crippen molar-refractivity contribution in [1.29, 1.82) is 0 Å². The van der Waals surface area contributed by atoms with Gasteiger partial charge < -0.3 is 15.1 Å². The van der Waals surface area contributed by atoms with Gasteiger partial charge >= 0.3 is 0 Å². The Kier molecular flexibility index (Phi) is 2.07. The molecule has 0 spiro atoms. The van der Waals surface area contributed by atoms with E-state index in [1.54, 1.807) is 6.33 Å². The molecular weight excluding hydrogens is 188 g/mol. The van der Waals surface area contributed by atoms with E-state index >= 15 is 0 Å². The number of aliphatic hydroxyl groups excluding tert-OH is 1. The van der Waals surface area contributed by atoms with Gasteiger partial charge in [-0.15, -0.1) is 0 Å². The highest BCUT2D eigenvalue weighted by molar-refractivity contribution is 7.71. The monoisotopic (exact) mass is 196 g/mol. The van der Waals surface area contributed by atoms with E-state index < -0.39 is 0 Å². The fraction of sp³-hybridized carbons (Fsp3) is 0.286. The SMILES string of the molecule is OCCc1nc(=S)c2[nH]cnc2[nH]1. The summed E-state index contributed by atoms with van der Waals surface area (Å²) in [6.07, 6.45) is 2.02. The van der Waals surface area contributed by atoms with Crippen LogP contribution in [0.1, 0.15) is 5.82 Å². The van der Waals surface area contributed by atoms with Crippen LogP contribution in [-0.4, -0.2) is 31.6 Å². The second kappa shape index (κ2) is 3.23. The van der Waals surface area contributed by atoms with Crippen molar-refractivity contribution in [2.45, 2.75) is 6.42 Å². The summed E-state index contributed by atoms with van der Waals surface area (Å²) >= 11 is 5.03. The molecule has 0 atom stereocenters. The van der Waals surface area contributed by atoms with Crippen LogP contribution < -0.4 is 0 Å². The highest BCUT2D eigenvalue weighted by atomic mass is 32.1. The summed E-state index contributed by atoms with van der Waals surface area (Å²) in [5.41, 5.74) is 1.42. The molecule has 0 radical (unpaired) electrons. The largest absolute Gasteiger partial charge is 0.396 e. The molecule has 0 aliphatic heterocycles. The van der Waals surface area contributed by atoms with E-state index in [0.29, 0.717) is 22.5 Å². The molecule has 0 saturated heterocycles. The van der Waals surface area contributed by atoms with Crippen molar-refractivity contribution in [3.8, 4) is 0 Å². The van der Waals surface area contributed by atoms with Crippen molar-refractivity contribution >= 4 is 23.4 Å². The summed E-state index contributed by atoms with van der Waals surface area (Å²) in [6.45, 7) is 0.0498. The zero-order valence-electron chi connectivity index (χ0n) is 6.74. The van der Waals surface area contributed by atoms with Crippen LogP contribution in [0.25, 0.3) is 11.2 Å². The Morgan fingerprint density at radius 3 is 3.15 bits per heavy atom. The normalized spacial score (nSPS) is 10.8. The van der Waals surface area contributed by atoms with Crippen LogP contribution in [0.3, 0.4) is 0 Å². The summed E-state index contributed by atoms with van der Waals surface area (Å²) in [5.74, 6) is 0.659. The first-order chi connectivity index (χ1) is 6.31. The molecule has 6 heteroatoms. The molecule has 0 unspecified atom stereocenters. The van der Waals surface area contributed by atoms with Gasteiger partial charge in [-0.25, -0.2) is 9.97 Å². The fourth-order valence-corrected chi connectivity index (χ4v) is 1.39. The third kappa shape index (κ3) is 1.45. The number of imidazole rings is 1. The number of aromatic amines is 2. The quantitative estimate of drug-likeness (QED) is 0.613. The maximum Gasteiger partial charge on any atom is 0.160 e. The number of aromatic nitrogens is 4. The van der Waals surface area contributed by atoms with E-state index in [1.807, 2.05) is 0 Å². The number of rotatable bonds is 2. The molecule has 0 saturated carbocycles. The van der Waals surface area contributed by atoms with Crippen LogP contribution in [-0.2, 0) is 6.42 Å². The zero-order valence-corrected chi connectivity index (χ0v) is 7.56. The lowest BCUT2D eigenvalue weighted by molar-refractivity contribution is 0.296. The first kappa shape index (κ1) is 8.33. The third-order valence-electron chi connectivity index (χ3n) is 1.70. The van der Waals surface area contributed by atoms with Gasteiger partial charge in [0.2, 0.25) is 0 Å². The lowest BCUT2D eigenvalue weighted by Crippen LogP contribution is -1.99. The van der Waals surface area contributed by atoms with Gasteiger partial charge in [-0.05, 0) is 0 Å². The minimum absolute atomic E-state index is 0.0498. The van der Waals surface area contributed by atoms with E-state index in [1.165, 1.54) is 0 Å². The maximum atomic E-state index is 8.71. The van der Waals surface area contributed by atoms with E-state index in [-0.39, 0.29) is 6.61 Å². The minimum Gasteiger partial charge on any atom is -0.396 e. The third-order valence-corrected chi connectivity index (χ3v) is 2.00. The van der Waals surface area contributed by atoms with Gasteiger partial charge in [0.25, 0.3) is 0 Å². The van der Waals surface area contributed by atoms with Gasteiger partial charge in [0.1, 0.15) is 11.3 Å². The van der Waals surface area contributed by atoms with Gasteiger partial charge in [0.15, 0.2) is 10.3 Å². The van der Waals surface area contributed by atoms with Crippen molar-refractivity contribution in [3.05, 3.63) is 16.8 Å². The number of hydrogen-bond acceptors (Lipinski definition) is 4. The van der Waals surface area contributed by atoms with Crippen LogP contribution in [0.5, 0.6) is 0 Å². The summed E-state index contributed by atoms with van der Waals surface area (Å²) in [4.78, 5) is 14.0. The Morgan fingerprint density at radius 1 is 1.54 bits per heavy atom. The maximum absolute atomic E-state index is 8.71. The molecule has 2 rings (SSSR count). The molecule has 68 valence electrons. The summed E-state index contributed by atoms with van der Waals surface area (Å²) in [5, 5.41) is 8.71. The fourth-order valence-electron chi connectivity index (χ4n) is 1.12. The average Bonchev–Trinajstić information content (AvgIpc) is 2.53. The molecule has 0 amide bonds. The van der Waals surface area contributed by atoms with Crippen LogP contribution in [0.15, 0.2) is 6.33 Å². The molecular formula is C7H8N4OS. The Balaban J connectivity index is 2.63. The van der Waals surface area contributed by atoms with Crippen LogP contribution in [0.2, 0.25) is 0 Å². The lowest BCUT2D eigenvalue weighted by Gasteiger charge is -1.97. The molecule has 0 fully saturated rings. The topological polar surface area (TPSA) is 77.6 Å². The molecule has 2 heterocycles.